The van der Waals surface area contributed by atoms with Crippen LogP contribution in [0.5, 0.6) is 5.75 Å². The maximum absolute atomic E-state index is 11.5. The van der Waals surface area contributed by atoms with E-state index in [1.54, 1.807) is 6.92 Å². The van der Waals surface area contributed by atoms with E-state index in [1.807, 2.05) is 0 Å². The van der Waals surface area contributed by atoms with Crippen molar-refractivity contribution in [2.24, 2.45) is 0 Å². The molecule has 0 aliphatic rings. The Morgan fingerprint density at radius 2 is 2.26 bits per heavy atom. The Bertz CT molecular complexity index is 501. The van der Waals surface area contributed by atoms with Gasteiger partial charge in [0.25, 0.3) is 11.6 Å². The number of nitro benzene ring substituents is 1. The monoisotopic (exact) mass is 266 g/mol. The molecule has 0 saturated carbocycles. The molecule has 0 radical (unpaired) electrons. The van der Waals surface area contributed by atoms with Crippen LogP contribution in [0.25, 0.3) is 0 Å². The van der Waals surface area contributed by atoms with Gasteiger partial charge in [-0.3, -0.25) is 19.7 Å². The number of hydrogen-bond donors (Lipinski definition) is 1. The molecule has 1 rings (SSSR count). The average Bonchev–Trinajstić information content (AvgIpc) is 2.39. The molecule has 7 nitrogen and oxygen atoms in total. The van der Waals surface area contributed by atoms with Gasteiger partial charge in [-0.1, -0.05) is 0 Å². The number of nitrogens with one attached hydrogen (secondary N) is 1. The van der Waals surface area contributed by atoms with Gasteiger partial charge >= 0.3 is 0 Å². The van der Waals surface area contributed by atoms with Crippen LogP contribution in [-0.4, -0.2) is 29.8 Å². The molecule has 0 heterocycles. The van der Waals surface area contributed by atoms with E-state index in [-0.39, 0.29) is 22.9 Å². The molecule has 0 saturated heterocycles. The molecule has 7 heteroatoms. The van der Waals surface area contributed by atoms with Crippen molar-refractivity contribution in [3.05, 3.63) is 33.9 Å². The highest BCUT2D eigenvalue weighted by Crippen LogP contribution is 2.23. The van der Waals surface area contributed by atoms with Crippen molar-refractivity contribution in [3.8, 4) is 5.75 Å². The zero-order valence-electron chi connectivity index (χ0n) is 10.6. The van der Waals surface area contributed by atoms with Crippen LogP contribution >= 0.6 is 0 Å². The number of rotatable bonds is 6. The van der Waals surface area contributed by atoms with Crippen molar-refractivity contribution in [1.82, 2.24) is 5.32 Å². The van der Waals surface area contributed by atoms with Crippen molar-refractivity contribution >= 4 is 17.9 Å². The van der Waals surface area contributed by atoms with Gasteiger partial charge in [-0.25, -0.2) is 0 Å². The lowest BCUT2D eigenvalue weighted by atomic mass is 10.2. The summed E-state index contributed by atoms with van der Waals surface area (Å²) in [6, 6.07) is 3.62. The molecule has 19 heavy (non-hydrogen) atoms. The van der Waals surface area contributed by atoms with Crippen molar-refractivity contribution in [2.75, 3.05) is 6.54 Å². The van der Waals surface area contributed by atoms with E-state index in [9.17, 15) is 19.7 Å². The lowest BCUT2D eigenvalue weighted by molar-refractivity contribution is -0.384. The maximum Gasteiger partial charge on any atom is 0.270 e. The van der Waals surface area contributed by atoms with Gasteiger partial charge in [0.2, 0.25) is 0 Å². The molecular formula is C12H14N2O5. The quantitative estimate of drug-likeness (QED) is 0.475. The van der Waals surface area contributed by atoms with E-state index in [0.29, 0.717) is 12.8 Å². The number of ether oxygens (including phenoxy) is 1. The SMILES string of the molecule is CCNC(=O)[C@@H](C)Oc1ccc([N+](=O)[O-])cc1C=O. The molecular weight excluding hydrogens is 252 g/mol. The van der Waals surface area contributed by atoms with Crippen LogP contribution in [-0.2, 0) is 4.79 Å². The largest absolute Gasteiger partial charge is 0.480 e. The predicted molar refractivity (Wildman–Crippen MR) is 67.3 cm³/mol. The molecule has 0 spiro atoms. The summed E-state index contributed by atoms with van der Waals surface area (Å²) in [4.78, 5) is 32.3. The molecule has 1 amide bonds. The minimum atomic E-state index is -0.792. The van der Waals surface area contributed by atoms with Gasteiger partial charge in [-0.2, -0.15) is 0 Å². The first-order valence-electron chi connectivity index (χ1n) is 5.67. The van der Waals surface area contributed by atoms with E-state index in [1.165, 1.54) is 19.1 Å². The summed E-state index contributed by atoms with van der Waals surface area (Å²) in [6.07, 6.45) is -0.340. The molecule has 0 aromatic heterocycles. The number of nitro groups is 1. The van der Waals surface area contributed by atoms with Crippen molar-refractivity contribution in [3.63, 3.8) is 0 Å². The molecule has 102 valence electrons. The van der Waals surface area contributed by atoms with E-state index >= 15 is 0 Å². The number of hydrogen-bond acceptors (Lipinski definition) is 5. The number of carbonyl (C=O) groups excluding carboxylic acids is 2. The number of carbonyl (C=O) groups is 2. The van der Waals surface area contributed by atoms with Crippen LogP contribution in [0.2, 0.25) is 0 Å². The average molecular weight is 266 g/mol. The maximum atomic E-state index is 11.5. The summed E-state index contributed by atoms with van der Waals surface area (Å²) < 4.78 is 5.32. The predicted octanol–water partition coefficient (Wildman–Crippen LogP) is 1.31. The first-order valence-corrected chi connectivity index (χ1v) is 5.67. The lowest BCUT2D eigenvalue weighted by Crippen LogP contribution is -2.36. The van der Waals surface area contributed by atoms with Crippen molar-refractivity contribution in [2.45, 2.75) is 20.0 Å². The van der Waals surface area contributed by atoms with Crippen molar-refractivity contribution < 1.29 is 19.2 Å². The Balaban J connectivity index is 2.92. The van der Waals surface area contributed by atoms with Gasteiger partial charge in [0.1, 0.15) is 5.75 Å². The third-order valence-electron chi connectivity index (χ3n) is 2.36. The molecule has 0 bridgehead atoms. The summed E-state index contributed by atoms with van der Waals surface area (Å²) in [6.45, 7) is 3.77. The number of non-ortho nitro benzene ring substituents is 1. The summed E-state index contributed by atoms with van der Waals surface area (Å²) in [5.74, 6) is -0.183. The Hall–Kier alpha value is -2.44. The van der Waals surface area contributed by atoms with Crippen LogP contribution in [0, 0.1) is 10.1 Å². The van der Waals surface area contributed by atoms with Gasteiger partial charge in [-0.05, 0) is 19.9 Å². The zero-order chi connectivity index (χ0) is 14.4. The molecule has 0 aliphatic heterocycles. The van der Waals surface area contributed by atoms with Gasteiger partial charge in [-0.15, -0.1) is 0 Å². The molecule has 0 unspecified atom stereocenters. The molecule has 0 aliphatic carbocycles. The number of nitrogens with zero attached hydrogens (tertiary/aromatic N) is 1. The number of aldehydes is 1. The van der Waals surface area contributed by atoms with Crippen LogP contribution in [0.15, 0.2) is 18.2 Å². The molecule has 1 aromatic carbocycles. The second-order valence-corrected chi connectivity index (χ2v) is 3.75. The standard InChI is InChI=1S/C12H14N2O5/c1-3-13-12(16)8(2)19-11-5-4-10(14(17)18)6-9(11)7-15/h4-8H,3H2,1-2H3,(H,13,16)/t8-/m1/s1. The molecule has 1 atom stereocenters. The van der Waals surface area contributed by atoms with Gasteiger partial charge < -0.3 is 10.1 Å². The van der Waals surface area contributed by atoms with Gasteiger partial charge in [0, 0.05) is 18.7 Å². The minimum absolute atomic E-state index is 0.0327. The van der Waals surface area contributed by atoms with Crippen LogP contribution in [0.4, 0.5) is 5.69 Å². The lowest BCUT2D eigenvalue weighted by Gasteiger charge is -2.15. The van der Waals surface area contributed by atoms with E-state index in [4.69, 9.17) is 4.74 Å². The highest BCUT2D eigenvalue weighted by molar-refractivity contribution is 5.83. The van der Waals surface area contributed by atoms with Gasteiger partial charge in [0.05, 0.1) is 10.5 Å². The van der Waals surface area contributed by atoms with Gasteiger partial charge in [0.15, 0.2) is 12.4 Å². The zero-order valence-corrected chi connectivity index (χ0v) is 10.6. The van der Waals surface area contributed by atoms with E-state index in [0.717, 1.165) is 6.07 Å². The van der Waals surface area contributed by atoms with Crippen molar-refractivity contribution in [1.29, 1.82) is 0 Å². The Morgan fingerprint density at radius 3 is 2.79 bits per heavy atom. The number of likely N-dealkylation sites (N-methyl/N-ethyl adjacent to an activating group) is 1. The second kappa shape index (κ2) is 6.48. The summed E-state index contributed by atoms with van der Waals surface area (Å²) >= 11 is 0. The highest BCUT2D eigenvalue weighted by atomic mass is 16.6. The topological polar surface area (TPSA) is 98.5 Å². The minimum Gasteiger partial charge on any atom is -0.480 e. The summed E-state index contributed by atoms with van der Waals surface area (Å²) in [7, 11) is 0. The molecule has 1 aromatic rings. The third kappa shape index (κ3) is 3.77. The molecule has 1 N–H and O–H groups in total. The normalized spacial score (nSPS) is 11.5. The Morgan fingerprint density at radius 1 is 1.58 bits per heavy atom. The Kier molecular flexibility index (Phi) is 4.99. The van der Waals surface area contributed by atoms with Crippen LogP contribution in [0.3, 0.4) is 0 Å². The highest BCUT2D eigenvalue weighted by Gasteiger charge is 2.17. The third-order valence-corrected chi connectivity index (χ3v) is 2.36. The molecule has 0 fully saturated rings. The van der Waals surface area contributed by atoms with Crippen LogP contribution < -0.4 is 10.1 Å². The van der Waals surface area contributed by atoms with E-state index < -0.39 is 11.0 Å². The van der Waals surface area contributed by atoms with Crippen LogP contribution in [0.1, 0.15) is 24.2 Å². The number of benzene rings is 1. The first-order chi connectivity index (χ1) is 8.99. The number of amides is 1. The summed E-state index contributed by atoms with van der Waals surface area (Å²) in [5.41, 5.74) is -0.175. The summed E-state index contributed by atoms with van der Waals surface area (Å²) in [5, 5.41) is 13.2. The second-order valence-electron chi connectivity index (χ2n) is 3.75. The fraction of sp³-hybridized carbons (Fsp3) is 0.333. The van der Waals surface area contributed by atoms with E-state index in [2.05, 4.69) is 5.32 Å². The first kappa shape index (κ1) is 14.6. The Labute approximate surface area is 109 Å². The fourth-order valence-corrected chi connectivity index (χ4v) is 1.41. The fourth-order valence-electron chi connectivity index (χ4n) is 1.41. The smallest absolute Gasteiger partial charge is 0.270 e.